The number of aromatic nitrogens is 2. The average molecular weight is 459 g/mol. The van der Waals surface area contributed by atoms with E-state index >= 15 is 0 Å². The van der Waals surface area contributed by atoms with Crippen molar-refractivity contribution in [2.75, 3.05) is 19.7 Å². The number of fused-ring (bicyclic) bond motifs is 2. The predicted molar refractivity (Wildman–Crippen MR) is 124 cm³/mol. The van der Waals surface area contributed by atoms with Gasteiger partial charge in [-0.1, -0.05) is 23.4 Å². The molecule has 174 valence electrons. The van der Waals surface area contributed by atoms with Crippen LogP contribution in [0.25, 0.3) is 22.8 Å². The van der Waals surface area contributed by atoms with E-state index in [4.69, 9.17) is 9.26 Å². The molecule has 2 heterocycles. The van der Waals surface area contributed by atoms with Gasteiger partial charge in [-0.15, -0.1) is 0 Å². The second-order valence-corrected chi connectivity index (χ2v) is 9.09. The Kier molecular flexibility index (Phi) is 5.58. The highest BCUT2D eigenvalue weighted by atomic mass is 16.5. The van der Waals surface area contributed by atoms with Crippen molar-refractivity contribution in [1.82, 2.24) is 15.0 Å². The third-order valence-electron chi connectivity index (χ3n) is 6.74. The quantitative estimate of drug-likeness (QED) is 0.602. The van der Waals surface area contributed by atoms with Crippen LogP contribution in [0.2, 0.25) is 0 Å². The summed E-state index contributed by atoms with van der Waals surface area (Å²) in [6, 6.07) is 13.3. The summed E-state index contributed by atoms with van der Waals surface area (Å²) in [5.41, 5.74) is 3.48. The Hall–Kier alpha value is -3.70. The van der Waals surface area contributed by atoms with Gasteiger partial charge in [-0.05, 0) is 62.4 Å². The highest BCUT2D eigenvalue weighted by molar-refractivity contribution is 5.92. The van der Waals surface area contributed by atoms with Gasteiger partial charge < -0.3 is 19.3 Å². The van der Waals surface area contributed by atoms with E-state index in [0.717, 1.165) is 36.0 Å². The third kappa shape index (κ3) is 3.53. The zero-order chi connectivity index (χ0) is 23.9. The minimum Gasteiger partial charge on any atom is -0.490 e. The Bertz CT molecular complexity index is 1290. The van der Waals surface area contributed by atoms with E-state index in [1.54, 1.807) is 23.1 Å². The smallest absolute Gasteiger partial charge is 0.258 e. The molecule has 0 unspecified atom stereocenters. The van der Waals surface area contributed by atoms with Crippen LogP contribution in [0.3, 0.4) is 0 Å². The van der Waals surface area contributed by atoms with Crippen molar-refractivity contribution < 1.29 is 19.2 Å². The minimum absolute atomic E-state index is 0.0293. The first-order chi connectivity index (χ1) is 16.5. The summed E-state index contributed by atoms with van der Waals surface area (Å²) in [4.78, 5) is 19.6. The number of aliphatic hydroxyl groups is 1. The van der Waals surface area contributed by atoms with Gasteiger partial charge in [-0.2, -0.15) is 10.2 Å². The van der Waals surface area contributed by atoms with Crippen LogP contribution in [0.1, 0.15) is 43.4 Å². The summed E-state index contributed by atoms with van der Waals surface area (Å²) in [6.07, 6.45) is 2.21. The van der Waals surface area contributed by atoms with Gasteiger partial charge in [-0.3, -0.25) is 4.79 Å². The molecule has 8 heteroatoms. The summed E-state index contributed by atoms with van der Waals surface area (Å²) in [5.74, 6) is 1.39. The molecule has 1 amide bonds. The lowest BCUT2D eigenvalue weighted by molar-refractivity contribution is -0.132. The van der Waals surface area contributed by atoms with Gasteiger partial charge in [0.2, 0.25) is 11.7 Å². The van der Waals surface area contributed by atoms with Gasteiger partial charge in [0.15, 0.2) is 0 Å². The van der Waals surface area contributed by atoms with Crippen molar-refractivity contribution in [2.24, 2.45) is 0 Å². The van der Waals surface area contributed by atoms with Gasteiger partial charge in [0.05, 0.1) is 23.7 Å². The maximum Gasteiger partial charge on any atom is 0.258 e. The molecule has 1 fully saturated rings. The first-order valence-corrected chi connectivity index (χ1v) is 11.5. The maximum atomic E-state index is 13.2. The highest BCUT2D eigenvalue weighted by Crippen LogP contribution is 2.48. The van der Waals surface area contributed by atoms with E-state index in [9.17, 15) is 15.2 Å². The number of nitrogens with zero attached hydrogens (tertiary/aromatic N) is 4. The number of aliphatic hydroxyl groups excluding tert-OH is 1. The fourth-order valence-corrected chi connectivity index (χ4v) is 5.20. The number of likely N-dealkylation sites (tertiary alicyclic amines) is 1. The molecule has 1 N–H and O–H groups in total. The van der Waals surface area contributed by atoms with E-state index < -0.39 is 5.41 Å². The van der Waals surface area contributed by atoms with Crippen LogP contribution in [0.4, 0.5) is 0 Å². The Morgan fingerprint density at radius 2 is 2.15 bits per heavy atom. The molecule has 0 radical (unpaired) electrons. The van der Waals surface area contributed by atoms with E-state index in [1.165, 1.54) is 0 Å². The largest absolute Gasteiger partial charge is 0.490 e. The summed E-state index contributed by atoms with van der Waals surface area (Å²) in [5, 5.41) is 23.0. The molecule has 1 aliphatic heterocycles. The van der Waals surface area contributed by atoms with Crippen LogP contribution in [0.15, 0.2) is 40.9 Å². The molecule has 34 heavy (non-hydrogen) atoms. The lowest BCUT2D eigenvalue weighted by Crippen LogP contribution is -2.37. The number of rotatable bonds is 6. The first kappa shape index (κ1) is 22.1. The van der Waals surface area contributed by atoms with E-state index in [0.29, 0.717) is 41.7 Å². The Balaban J connectivity index is 1.47. The Morgan fingerprint density at radius 3 is 2.91 bits per heavy atom. The molecule has 2 aliphatic rings. The molecule has 5 rings (SSSR count). The van der Waals surface area contributed by atoms with Crippen LogP contribution in [-0.2, 0) is 16.6 Å². The molecule has 0 saturated carbocycles. The monoisotopic (exact) mass is 458 g/mol. The standard InChI is InChI=1S/C26H26N4O4/c1-16(2)33-22-7-6-17(14-18(22)15-27)24-28-23(29-34-24)20-4-3-5-21-19(20)8-9-26(21)10-11-30(12-13-31)25(26)32/h3-7,14,16,31H,8-13H2,1-2H3/t26-/m1/s1. The van der Waals surface area contributed by atoms with E-state index in [-0.39, 0.29) is 18.6 Å². The molecule has 2 aromatic carbocycles. The van der Waals surface area contributed by atoms with Gasteiger partial charge in [0.25, 0.3) is 5.89 Å². The molecule has 3 aromatic rings. The molecule has 1 spiro atoms. The number of carbonyl (C=O) groups is 1. The number of hydrogen-bond acceptors (Lipinski definition) is 7. The number of hydrogen-bond donors (Lipinski definition) is 1. The van der Waals surface area contributed by atoms with Crippen molar-refractivity contribution >= 4 is 5.91 Å². The number of β-amino-alcohol motifs (C(OH)–C–C–N with tert-alkyl or cyclic N) is 1. The van der Waals surface area contributed by atoms with Crippen LogP contribution in [0.5, 0.6) is 5.75 Å². The molecule has 1 aromatic heterocycles. The summed E-state index contributed by atoms with van der Waals surface area (Å²) < 4.78 is 11.3. The minimum atomic E-state index is -0.527. The van der Waals surface area contributed by atoms with Crippen LogP contribution in [-0.4, -0.2) is 51.9 Å². The van der Waals surface area contributed by atoms with Crippen molar-refractivity contribution in [3.63, 3.8) is 0 Å². The number of ether oxygens (including phenoxy) is 1. The molecule has 8 nitrogen and oxygen atoms in total. The summed E-state index contributed by atoms with van der Waals surface area (Å²) in [7, 11) is 0. The van der Waals surface area contributed by atoms with Gasteiger partial charge >= 0.3 is 0 Å². The number of benzene rings is 2. The maximum absolute atomic E-state index is 13.2. The fraction of sp³-hybridized carbons (Fsp3) is 0.385. The van der Waals surface area contributed by atoms with Crippen molar-refractivity contribution in [3.8, 4) is 34.7 Å². The van der Waals surface area contributed by atoms with Crippen molar-refractivity contribution in [2.45, 2.75) is 44.6 Å². The molecular formula is C26H26N4O4. The van der Waals surface area contributed by atoms with E-state index in [1.807, 2.05) is 32.0 Å². The van der Waals surface area contributed by atoms with Crippen LogP contribution in [0, 0.1) is 11.3 Å². The lowest BCUT2D eigenvalue weighted by atomic mass is 9.80. The summed E-state index contributed by atoms with van der Waals surface area (Å²) in [6.45, 7) is 4.82. The average Bonchev–Trinajstić information content (AvgIpc) is 3.54. The molecule has 1 aliphatic carbocycles. The summed E-state index contributed by atoms with van der Waals surface area (Å²) >= 11 is 0. The molecule has 0 bridgehead atoms. The SMILES string of the molecule is CC(C)Oc1ccc(-c2nc(-c3cccc4c3CC[C@@]43CCN(CCO)C3=O)no2)cc1C#N. The van der Waals surface area contributed by atoms with E-state index in [2.05, 4.69) is 16.2 Å². The van der Waals surface area contributed by atoms with Crippen LogP contribution >= 0.6 is 0 Å². The normalized spacial score (nSPS) is 19.1. The Labute approximate surface area is 197 Å². The topological polar surface area (TPSA) is 112 Å². The first-order valence-electron chi connectivity index (χ1n) is 11.5. The number of amides is 1. The van der Waals surface area contributed by atoms with Gasteiger partial charge in [-0.25, -0.2) is 0 Å². The lowest BCUT2D eigenvalue weighted by Gasteiger charge is -2.24. The van der Waals surface area contributed by atoms with Crippen LogP contribution < -0.4 is 4.74 Å². The third-order valence-corrected chi connectivity index (χ3v) is 6.74. The fourth-order valence-electron chi connectivity index (χ4n) is 5.20. The van der Waals surface area contributed by atoms with Crippen molar-refractivity contribution in [3.05, 3.63) is 53.1 Å². The zero-order valence-electron chi connectivity index (χ0n) is 19.2. The molecule has 1 saturated heterocycles. The van der Waals surface area contributed by atoms with Crippen molar-refractivity contribution in [1.29, 1.82) is 5.26 Å². The predicted octanol–water partition coefficient (Wildman–Crippen LogP) is 3.47. The number of nitriles is 1. The highest BCUT2D eigenvalue weighted by Gasteiger charge is 2.51. The zero-order valence-corrected chi connectivity index (χ0v) is 19.2. The molecular weight excluding hydrogens is 432 g/mol. The second kappa shape index (κ2) is 8.58. The molecule has 1 atom stereocenters. The number of carbonyl (C=O) groups excluding carboxylic acids is 1. The second-order valence-electron chi connectivity index (χ2n) is 9.09. The van der Waals surface area contributed by atoms with Gasteiger partial charge in [0.1, 0.15) is 11.8 Å². The Morgan fingerprint density at radius 1 is 1.29 bits per heavy atom. The van der Waals surface area contributed by atoms with Gasteiger partial charge in [0, 0.05) is 24.2 Å².